The summed E-state index contributed by atoms with van der Waals surface area (Å²) in [5.41, 5.74) is -6.66. The maximum atomic E-state index is 15.7. The fraction of sp³-hybridized carbons (Fsp3) is 0.592. The molecule has 2 N–H and O–H groups in total. The Bertz CT molecular complexity index is 2640. The average molecular weight is 911 g/mol. The minimum Gasteiger partial charge on any atom is -0.459 e. The summed E-state index contributed by atoms with van der Waals surface area (Å²) >= 11 is 0. The van der Waals surface area contributed by atoms with Crippen molar-refractivity contribution in [3.8, 4) is 0 Å². The molecule has 6 aliphatic carbocycles. The third-order valence-corrected chi connectivity index (χ3v) is 18.1. The topological polar surface area (TPSA) is 248 Å². The van der Waals surface area contributed by atoms with Crippen LogP contribution in [0.2, 0.25) is 0 Å². The van der Waals surface area contributed by atoms with Crippen molar-refractivity contribution in [2.24, 2.45) is 57.7 Å². The van der Waals surface area contributed by atoms with E-state index >= 15 is 4.79 Å². The van der Waals surface area contributed by atoms with Crippen molar-refractivity contribution in [1.82, 2.24) is 0 Å². The Balaban J connectivity index is 1.11. The van der Waals surface area contributed by atoms with Gasteiger partial charge in [-0.1, -0.05) is 45.0 Å². The second kappa shape index (κ2) is 13.4. The van der Waals surface area contributed by atoms with Gasteiger partial charge in [-0.2, -0.15) is 0 Å². The van der Waals surface area contributed by atoms with Crippen LogP contribution in [0.4, 0.5) is 0 Å². The van der Waals surface area contributed by atoms with Crippen LogP contribution in [0.15, 0.2) is 42.5 Å². The van der Waals surface area contributed by atoms with Crippen molar-refractivity contribution in [3.05, 3.63) is 70.3 Å². The molecule has 348 valence electrons. The summed E-state index contributed by atoms with van der Waals surface area (Å²) in [5, 5.41) is 25.6. The molecule has 20 atom stereocenters. The average Bonchev–Trinajstić information content (AvgIpc) is 4.17. The summed E-state index contributed by atoms with van der Waals surface area (Å²) in [4.78, 5) is 111. The second-order valence-corrected chi connectivity index (χ2v) is 20.9. The number of ketones is 3. The van der Waals surface area contributed by atoms with Gasteiger partial charge in [0.25, 0.3) is 0 Å². The van der Waals surface area contributed by atoms with Crippen LogP contribution >= 0.6 is 0 Å². The van der Waals surface area contributed by atoms with Gasteiger partial charge in [-0.15, -0.1) is 0 Å². The first kappa shape index (κ1) is 43.2. The molecule has 0 bridgehead atoms. The van der Waals surface area contributed by atoms with Crippen LogP contribution in [0.3, 0.4) is 0 Å². The fourth-order valence-corrected chi connectivity index (χ4v) is 15.4. The molecule has 3 heterocycles. The van der Waals surface area contributed by atoms with Gasteiger partial charge in [0.1, 0.15) is 30.5 Å². The Hall–Kier alpha value is -5.36. The number of fused-ring (bicyclic) bond motifs is 11. The van der Waals surface area contributed by atoms with Gasteiger partial charge in [0.15, 0.2) is 29.1 Å². The normalized spacial score (nSPS) is 47.1. The third-order valence-electron chi connectivity index (χ3n) is 18.1. The van der Waals surface area contributed by atoms with Crippen LogP contribution < -0.4 is 0 Å². The summed E-state index contributed by atoms with van der Waals surface area (Å²) in [6.45, 7) is 11.8. The highest BCUT2D eigenvalue weighted by Crippen LogP contribution is 2.81. The van der Waals surface area contributed by atoms with Crippen molar-refractivity contribution in [2.75, 3.05) is 0 Å². The van der Waals surface area contributed by atoms with Crippen molar-refractivity contribution in [2.45, 2.75) is 122 Å². The molecule has 11 rings (SSSR count). The van der Waals surface area contributed by atoms with Crippen molar-refractivity contribution in [1.29, 1.82) is 0 Å². The summed E-state index contributed by atoms with van der Waals surface area (Å²) in [6.07, 6.45) is -9.21. The molecule has 8 fully saturated rings. The molecule has 2 aromatic carbocycles. The van der Waals surface area contributed by atoms with Gasteiger partial charge in [0.2, 0.25) is 5.79 Å². The molecule has 2 aromatic rings. The van der Waals surface area contributed by atoms with E-state index < -0.39 is 165 Å². The van der Waals surface area contributed by atoms with E-state index in [1.54, 1.807) is 39.0 Å². The smallest absolute Gasteiger partial charge is 0.341 e. The summed E-state index contributed by atoms with van der Waals surface area (Å²) in [5.74, 6) is -14.7. The molecule has 3 saturated heterocycles. The Morgan fingerprint density at radius 2 is 1.33 bits per heavy atom. The molecule has 0 radical (unpaired) electrons. The molecule has 9 aliphatic rings. The number of ether oxygens (including phenoxy) is 7. The SMILES string of the molecule is CC(=O)O[C@H]1[C@H]2[C@H]([C@@H]3[C@@H](O)[C@@H]4[C@H]([C@H](C)[C@H]5O[C@]56OC(=O)[C@@](C)(O)[C@]46C)[C@@]3(C)[C@H]1OC(C)=O)[C@@H](OC(=O)c1ccc3c(c1)C(=O)c1ccccc1C3=O)C(=O)[C@H]1C[C@@H]3O[C@@H]3[C@H](OC(C)=O)[C@]21C. The highest BCUT2D eigenvalue weighted by atomic mass is 16.8. The van der Waals surface area contributed by atoms with Crippen LogP contribution in [0, 0.1) is 57.7 Å². The van der Waals surface area contributed by atoms with Gasteiger partial charge in [0.05, 0.1) is 23.2 Å². The summed E-state index contributed by atoms with van der Waals surface area (Å²) in [6, 6.07) is 10.2. The lowest BCUT2D eigenvalue weighted by atomic mass is 9.41. The molecule has 17 nitrogen and oxygen atoms in total. The van der Waals surface area contributed by atoms with Crippen LogP contribution in [-0.2, 0) is 57.1 Å². The predicted octanol–water partition coefficient (Wildman–Crippen LogP) is 2.69. The van der Waals surface area contributed by atoms with Gasteiger partial charge in [-0.25, -0.2) is 9.59 Å². The van der Waals surface area contributed by atoms with Gasteiger partial charge >= 0.3 is 29.8 Å². The van der Waals surface area contributed by atoms with Crippen LogP contribution in [0.1, 0.15) is 104 Å². The minimum atomic E-state index is -2.24. The van der Waals surface area contributed by atoms with Gasteiger partial charge < -0.3 is 43.4 Å². The Labute approximate surface area is 378 Å². The highest BCUT2D eigenvalue weighted by Gasteiger charge is 2.93. The Morgan fingerprint density at radius 1 is 0.727 bits per heavy atom. The predicted molar refractivity (Wildman–Crippen MR) is 219 cm³/mol. The number of aliphatic hydroxyl groups is 2. The lowest BCUT2D eigenvalue weighted by Gasteiger charge is -2.65. The third kappa shape index (κ3) is 5.04. The number of Topliss-reactive ketones (excluding diaryl/α,β-unsaturated/α-hetero) is 1. The Morgan fingerprint density at radius 3 is 1.97 bits per heavy atom. The second-order valence-electron chi connectivity index (χ2n) is 20.9. The molecule has 17 heteroatoms. The highest BCUT2D eigenvalue weighted by molar-refractivity contribution is 6.28. The summed E-state index contributed by atoms with van der Waals surface area (Å²) in [7, 11) is 0. The zero-order valence-electron chi connectivity index (χ0n) is 37.4. The van der Waals surface area contributed by atoms with Crippen molar-refractivity contribution < 1.29 is 81.7 Å². The fourth-order valence-electron chi connectivity index (χ4n) is 15.4. The molecule has 66 heavy (non-hydrogen) atoms. The number of carbonyl (C=O) groups excluding carboxylic acids is 8. The number of hydrogen-bond donors (Lipinski definition) is 2. The number of carbonyl (C=O) groups is 8. The number of epoxide rings is 2. The number of aliphatic hydroxyl groups excluding tert-OH is 1. The van der Waals surface area contributed by atoms with Crippen LogP contribution in [0.5, 0.6) is 0 Å². The van der Waals surface area contributed by atoms with Crippen LogP contribution in [-0.4, -0.2) is 118 Å². The maximum Gasteiger partial charge on any atom is 0.341 e. The van der Waals surface area contributed by atoms with E-state index in [1.165, 1.54) is 52.0 Å². The number of esters is 5. The molecule has 3 aliphatic heterocycles. The zero-order valence-corrected chi connectivity index (χ0v) is 37.4. The van der Waals surface area contributed by atoms with Crippen molar-refractivity contribution in [3.63, 3.8) is 0 Å². The lowest BCUT2D eigenvalue weighted by Crippen LogP contribution is -2.75. The summed E-state index contributed by atoms with van der Waals surface area (Å²) < 4.78 is 43.4. The van der Waals surface area contributed by atoms with Gasteiger partial charge in [-0.05, 0) is 50.3 Å². The maximum absolute atomic E-state index is 15.7. The largest absolute Gasteiger partial charge is 0.459 e. The van der Waals surface area contributed by atoms with Gasteiger partial charge in [0, 0.05) is 83.4 Å². The van der Waals surface area contributed by atoms with E-state index in [2.05, 4.69) is 0 Å². The standard InChI is InChI=1S/C49H50O17/c1-17-29-32(47(7)48(8,59)44(58)66-49(47)40(17)65-49)36(56)30-28-31(39(60-18(2)50)42(46(29,30)6)62-20(4)52)45(5)26(16-27-37(63-27)41(45)61-19(3)51)35(55)38(28)64-43(57)21-13-14-24-25(15-21)34(54)23-12-10-9-11-22(23)33(24)53/h9-15,17,26-32,36-42,56,59H,16H2,1-8H3/t17-,26+,27-,28-,29-,30+,31+,32-,36+,37-,38+,39-,40+,41-,42-,45-,46+,47-,48+,49-/m0/s1. The first-order chi connectivity index (χ1) is 31.0. The van der Waals surface area contributed by atoms with E-state index in [1.807, 2.05) is 6.92 Å². The van der Waals surface area contributed by atoms with E-state index in [4.69, 9.17) is 33.2 Å². The molecular weight excluding hydrogens is 861 g/mol. The minimum absolute atomic E-state index is 0.0426. The van der Waals surface area contributed by atoms with E-state index in [9.17, 15) is 43.8 Å². The van der Waals surface area contributed by atoms with E-state index in [0.29, 0.717) is 0 Å². The molecule has 0 aromatic heterocycles. The molecule has 5 saturated carbocycles. The number of rotatable bonds is 5. The Kier molecular flexibility index (Phi) is 8.79. The van der Waals surface area contributed by atoms with Crippen LogP contribution in [0.25, 0.3) is 0 Å². The first-order valence-corrected chi connectivity index (χ1v) is 22.5. The first-order valence-electron chi connectivity index (χ1n) is 22.5. The molecule has 0 unspecified atom stereocenters. The lowest BCUT2D eigenvalue weighted by molar-refractivity contribution is -0.272. The molecule has 0 amide bonds. The van der Waals surface area contributed by atoms with Gasteiger partial charge in [-0.3, -0.25) is 28.8 Å². The number of hydrogen-bond acceptors (Lipinski definition) is 17. The van der Waals surface area contributed by atoms with E-state index in [0.717, 1.165) is 0 Å². The zero-order chi connectivity index (χ0) is 47.3. The number of benzene rings is 2. The van der Waals surface area contributed by atoms with Crippen molar-refractivity contribution >= 4 is 47.2 Å². The quantitative estimate of drug-likeness (QED) is 0.212. The monoisotopic (exact) mass is 910 g/mol. The molecule has 1 spiro atoms. The van der Waals surface area contributed by atoms with E-state index in [-0.39, 0.29) is 34.2 Å². The molecular formula is C49H50O17.